The van der Waals surface area contributed by atoms with Crippen molar-refractivity contribution in [2.45, 2.75) is 13.0 Å². The molecule has 0 aliphatic carbocycles. The number of pyridine rings is 1. The molecule has 0 aliphatic rings. The predicted octanol–water partition coefficient (Wildman–Crippen LogP) is 2.36. The van der Waals surface area contributed by atoms with E-state index in [1.54, 1.807) is 24.5 Å². The summed E-state index contributed by atoms with van der Waals surface area (Å²) in [5.74, 6) is 0.303. The van der Waals surface area contributed by atoms with Gasteiger partial charge in [-0.05, 0) is 30.7 Å². The Hall–Kier alpha value is -2.89. The van der Waals surface area contributed by atoms with Gasteiger partial charge in [-0.3, -0.25) is 9.78 Å². The first-order valence-corrected chi connectivity index (χ1v) is 7.09. The molecule has 6 nitrogen and oxygen atoms in total. The van der Waals surface area contributed by atoms with E-state index in [1.807, 2.05) is 30.6 Å². The number of aryl methyl sites for hydroxylation is 1. The molecule has 1 amide bonds. The molecular formula is C16H16N4O2. The number of rotatable bonds is 6. The summed E-state index contributed by atoms with van der Waals surface area (Å²) in [4.78, 5) is 16.0. The van der Waals surface area contributed by atoms with E-state index in [1.165, 1.54) is 0 Å². The van der Waals surface area contributed by atoms with Crippen LogP contribution in [0.2, 0.25) is 0 Å². The van der Waals surface area contributed by atoms with Gasteiger partial charge in [0.1, 0.15) is 0 Å². The van der Waals surface area contributed by atoms with E-state index in [0.29, 0.717) is 12.3 Å². The molecule has 6 heteroatoms. The molecule has 0 fully saturated rings. The number of nitrogens with one attached hydrogen (secondary N) is 1. The molecule has 1 N–H and O–H groups in total. The van der Waals surface area contributed by atoms with Gasteiger partial charge in [0.2, 0.25) is 0 Å². The van der Waals surface area contributed by atoms with Gasteiger partial charge in [-0.25, -0.2) is 0 Å². The number of nitrogens with zero attached hydrogens (tertiary/aromatic N) is 3. The van der Waals surface area contributed by atoms with E-state index >= 15 is 0 Å². The quantitative estimate of drug-likeness (QED) is 0.709. The fraction of sp³-hybridized carbons (Fsp3) is 0.188. The van der Waals surface area contributed by atoms with E-state index in [2.05, 4.69) is 20.0 Å². The maximum atomic E-state index is 12.0. The van der Waals surface area contributed by atoms with Crippen LogP contribution >= 0.6 is 0 Å². The first kappa shape index (κ1) is 14.1. The Labute approximate surface area is 127 Å². The van der Waals surface area contributed by atoms with Crippen molar-refractivity contribution in [3.63, 3.8) is 0 Å². The van der Waals surface area contributed by atoms with E-state index in [4.69, 9.17) is 4.52 Å². The van der Waals surface area contributed by atoms with Gasteiger partial charge in [0.05, 0.1) is 0 Å². The lowest BCUT2D eigenvalue weighted by atomic mass is 10.2. The monoisotopic (exact) mass is 296 g/mol. The van der Waals surface area contributed by atoms with Crippen LogP contribution < -0.4 is 5.32 Å². The summed E-state index contributed by atoms with van der Waals surface area (Å²) in [6.07, 6.45) is 8.20. The van der Waals surface area contributed by atoms with Gasteiger partial charge < -0.3 is 14.4 Å². The molecule has 0 unspecified atom stereocenters. The molecule has 22 heavy (non-hydrogen) atoms. The van der Waals surface area contributed by atoms with Gasteiger partial charge in [-0.1, -0.05) is 5.16 Å². The molecule has 0 aliphatic heterocycles. The molecule has 3 heterocycles. The minimum atomic E-state index is -0.230. The number of hydrogen-bond acceptors (Lipinski definition) is 4. The van der Waals surface area contributed by atoms with Gasteiger partial charge in [0.25, 0.3) is 5.91 Å². The van der Waals surface area contributed by atoms with E-state index in [0.717, 1.165) is 18.5 Å². The number of amides is 1. The van der Waals surface area contributed by atoms with Crippen LogP contribution in [0.1, 0.15) is 16.9 Å². The lowest BCUT2D eigenvalue weighted by Gasteiger charge is -2.04. The molecule has 0 bridgehead atoms. The standard InChI is InChI=1S/C16H16N4O2/c21-16(18-7-4-10-20-8-1-2-9-20)14-11-15(22-19-14)13-5-3-6-17-12-13/h1-3,5-6,8-9,11-12H,4,7,10H2,(H,18,21). The summed E-state index contributed by atoms with van der Waals surface area (Å²) in [6, 6.07) is 9.24. The zero-order chi connectivity index (χ0) is 15.2. The number of aromatic nitrogens is 3. The summed E-state index contributed by atoms with van der Waals surface area (Å²) in [5.41, 5.74) is 1.07. The van der Waals surface area contributed by atoms with Crippen LogP contribution in [0, 0.1) is 0 Å². The minimum Gasteiger partial charge on any atom is -0.355 e. The topological polar surface area (TPSA) is 73.0 Å². The summed E-state index contributed by atoms with van der Waals surface area (Å²) >= 11 is 0. The minimum absolute atomic E-state index is 0.230. The molecule has 0 aromatic carbocycles. The summed E-state index contributed by atoms with van der Waals surface area (Å²) in [6.45, 7) is 1.46. The van der Waals surface area contributed by atoms with Crippen molar-refractivity contribution in [3.05, 3.63) is 60.8 Å². The summed E-state index contributed by atoms with van der Waals surface area (Å²) in [5, 5.41) is 6.64. The molecule has 0 radical (unpaired) electrons. The molecule has 0 saturated carbocycles. The lowest BCUT2D eigenvalue weighted by Crippen LogP contribution is -2.25. The highest BCUT2D eigenvalue weighted by molar-refractivity contribution is 5.93. The second-order valence-corrected chi connectivity index (χ2v) is 4.85. The molecule has 0 atom stereocenters. The van der Waals surface area contributed by atoms with Crippen molar-refractivity contribution < 1.29 is 9.32 Å². The second kappa shape index (κ2) is 6.71. The van der Waals surface area contributed by atoms with Crippen molar-refractivity contribution in [1.82, 2.24) is 20.0 Å². The van der Waals surface area contributed by atoms with Gasteiger partial charge in [0, 0.05) is 49.5 Å². The molecule has 0 spiro atoms. The smallest absolute Gasteiger partial charge is 0.273 e. The van der Waals surface area contributed by atoms with Crippen LogP contribution in [0.3, 0.4) is 0 Å². The molecular weight excluding hydrogens is 280 g/mol. The van der Waals surface area contributed by atoms with Crippen LogP contribution in [0.25, 0.3) is 11.3 Å². The highest BCUT2D eigenvalue weighted by Crippen LogP contribution is 2.18. The van der Waals surface area contributed by atoms with E-state index in [-0.39, 0.29) is 11.6 Å². The number of carbonyl (C=O) groups excluding carboxylic acids is 1. The molecule has 3 aromatic heterocycles. The lowest BCUT2D eigenvalue weighted by molar-refractivity contribution is 0.0944. The van der Waals surface area contributed by atoms with Crippen LogP contribution in [0.5, 0.6) is 0 Å². The Morgan fingerprint density at radius 2 is 2.14 bits per heavy atom. The third-order valence-corrected chi connectivity index (χ3v) is 3.23. The summed E-state index contributed by atoms with van der Waals surface area (Å²) < 4.78 is 7.25. The van der Waals surface area contributed by atoms with Crippen molar-refractivity contribution in [1.29, 1.82) is 0 Å². The Morgan fingerprint density at radius 1 is 1.27 bits per heavy atom. The maximum Gasteiger partial charge on any atom is 0.273 e. The van der Waals surface area contributed by atoms with Crippen LogP contribution in [-0.2, 0) is 6.54 Å². The second-order valence-electron chi connectivity index (χ2n) is 4.85. The van der Waals surface area contributed by atoms with Crippen molar-refractivity contribution in [2.24, 2.45) is 0 Å². The Bertz CT molecular complexity index is 720. The van der Waals surface area contributed by atoms with Crippen LogP contribution in [0.15, 0.2) is 59.6 Å². The highest BCUT2D eigenvalue weighted by atomic mass is 16.5. The molecule has 3 aromatic rings. The highest BCUT2D eigenvalue weighted by Gasteiger charge is 2.13. The normalized spacial score (nSPS) is 10.5. The van der Waals surface area contributed by atoms with Crippen LogP contribution in [0.4, 0.5) is 0 Å². The number of carbonyl (C=O) groups is 1. The zero-order valence-corrected chi connectivity index (χ0v) is 12.0. The third-order valence-electron chi connectivity index (χ3n) is 3.23. The van der Waals surface area contributed by atoms with Crippen molar-refractivity contribution in [2.75, 3.05) is 6.54 Å². The van der Waals surface area contributed by atoms with Crippen molar-refractivity contribution >= 4 is 5.91 Å². The van der Waals surface area contributed by atoms with Gasteiger partial charge in [0.15, 0.2) is 11.5 Å². The van der Waals surface area contributed by atoms with Crippen LogP contribution in [-0.4, -0.2) is 27.2 Å². The van der Waals surface area contributed by atoms with Gasteiger partial charge >= 0.3 is 0 Å². The molecule has 3 rings (SSSR count). The third kappa shape index (κ3) is 3.41. The molecule has 112 valence electrons. The Morgan fingerprint density at radius 3 is 2.91 bits per heavy atom. The van der Waals surface area contributed by atoms with E-state index in [9.17, 15) is 4.79 Å². The SMILES string of the molecule is O=C(NCCCn1cccc1)c1cc(-c2cccnc2)on1. The zero-order valence-electron chi connectivity index (χ0n) is 12.0. The first-order valence-electron chi connectivity index (χ1n) is 7.09. The largest absolute Gasteiger partial charge is 0.355 e. The fourth-order valence-corrected chi connectivity index (χ4v) is 2.10. The Kier molecular flexibility index (Phi) is 4.29. The Balaban J connectivity index is 1.51. The summed E-state index contributed by atoms with van der Waals surface area (Å²) in [7, 11) is 0. The predicted molar refractivity (Wildman–Crippen MR) is 81.1 cm³/mol. The maximum absolute atomic E-state index is 12.0. The van der Waals surface area contributed by atoms with Gasteiger partial charge in [-0.2, -0.15) is 0 Å². The van der Waals surface area contributed by atoms with Gasteiger partial charge in [-0.15, -0.1) is 0 Å². The average molecular weight is 296 g/mol. The van der Waals surface area contributed by atoms with Crippen molar-refractivity contribution in [3.8, 4) is 11.3 Å². The number of hydrogen-bond donors (Lipinski definition) is 1. The first-order chi connectivity index (χ1) is 10.8. The molecule has 0 saturated heterocycles. The van der Waals surface area contributed by atoms with E-state index < -0.39 is 0 Å². The average Bonchev–Trinajstić information content (AvgIpc) is 3.24. The fourth-order valence-electron chi connectivity index (χ4n) is 2.10.